The van der Waals surface area contributed by atoms with E-state index in [4.69, 9.17) is 10.5 Å². The van der Waals surface area contributed by atoms with Crippen molar-refractivity contribution in [1.82, 2.24) is 0 Å². The number of ketones is 1. The van der Waals surface area contributed by atoms with E-state index in [1.54, 1.807) is 14.2 Å². The van der Waals surface area contributed by atoms with Gasteiger partial charge in [-0.3, -0.25) is 9.79 Å². The molecule has 1 aliphatic carbocycles. The standard InChI is InChI=1S/C16H20N2O2/c1-18-13(16-12(17)7-5-8-14(16)19)10-11-6-3-4-9-15(11)20-2/h3-4,6,9H,5,7-8,10,17H2,1-2H3. The molecule has 0 saturated carbocycles. The van der Waals surface area contributed by atoms with Gasteiger partial charge in [0.1, 0.15) is 5.75 Å². The summed E-state index contributed by atoms with van der Waals surface area (Å²) in [5.74, 6) is 0.903. The molecule has 0 bridgehead atoms. The van der Waals surface area contributed by atoms with Gasteiger partial charge < -0.3 is 10.5 Å². The first-order chi connectivity index (χ1) is 9.67. The molecule has 1 aliphatic rings. The maximum atomic E-state index is 12.1. The minimum Gasteiger partial charge on any atom is -0.496 e. The SMILES string of the molecule is CN=C(Cc1ccccc1OC)C1=C(N)CCCC1=O. The predicted molar refractivity (Wildman–Crippen MR) is 80.1 cm³/mol. The molecule has 20 heavy (non-hydrogen) atoms. The van der Waals surface area contributed by atoms with Gasteiger partial charge in [-0.1, -0.05) is 18.2 Å². The van der Waals surface area contributed by atoms with E-state index in [0.717, 1.165) is 29.9 Å². The van der Waals surface area contributed by atoms with Crippen molar-refractivity contribution >= 4 is 11.5 Å². The van der Waals surface area contributed by atoms with E-state index in [0.29, 0.717) is 24.1 Å². The fourth-order valence-corrected chi connectivity index (χ4v) is 2.52. The number of rotatable bonds is 4. The highest BCUT2D eigenvalue weighted by Gasteiger charge is 2.23. The van der Waals surface area contributed by atoms with Crippen LogP contribution in [0.3, 0.4) is 0 Å². The lowest BCUT2D eigenvalue weighted by atomic mass is 9.89. The molecule has 0 saturated heterocycles. The van der Waals surface area contributed by atoms with E-state index in [9.17, 15) is 4.79 Å². The van der Waals surface area contributed by atoms with Gasteiger partial charge in [-0.25, -0.2) is 0 Å². The highest BCUT2D eigenvalue weighted by Crippen LogP contribution is 2.24. The van der Waals surface area contributed by atoms with Gasteiger partial charge in [-0.15, -0.1) is 0 Å². The van der Waals surface area contributed by atoms with E-state index in [2.05, 4.69) is 4.99 Å². The highest BCUT2D eigenvalue weighted by molar-refractivity contribution is 6.23. The summed E-state index contributed by atoms with van der Waals surface area (Å²) in [5.41, 5.74) is 9.05. The monoisotopic (exact) mass is 272 g/mol. The number of allylic oxidation sites excluding steroid dienone is 2. The summed E-state index contributed by atoms with van der Waals surface area (Å²) in [4.78, 5) is 16.4. The maximum Gasteiger partial charge on any atom is 0.166 e. The topological polar surface area (TPSA) is 64.7 Å². The van der Waals surface area contributed by atoms with Crippen molar-refractivity contribution in [3.63, 3.8) is 0 Å². The molecule has 0 heterocycles. The van der Waals surface area contributed by atoms with Crippen molar-refractivity contribution in [1.29, 1.82) is 0 Å². The van der Waals surface area contributed by atoms with E-state index >= 15 is 0 Å². The Hall–Kier alpha value is -2.10. The second kappa shape index (κ2) is 6.37. The van der Waals surface area contributed by atoms with Gasteiger partial charge in [-0.2, -0.15) is 0 Å². The van der Waals surface area contributed by atoms with Crippen LogP contribution in [0.1, 0.15) is 24.8 Å². The summed E-state index contributed by atoms with van der Waals surface area (Å²) in [6, 6.07) is 7.76. The number of methoxy groups -OCH3 is 1. The van der Waals surface area contributed by atoms with Crippen LogP contribution in [0.5, 0.6) is 5.75 Å². The van der Waals surface area contributed by atoms with Gasteiger partial charge in [0, 0.05) is 31.1 Å². The van der Waals surface area contributed by atoms with Crippen LogP contribution in [0.4, 0.5) is 0 Å². The van der Waals surface area contributed by atoms with Crippen LogP contribution in [-0.2, 0) is 11.2 Å². The third-order valence-electron chi connectivity index (χ3n) is 3.56. The minimum atomic E-state index is 0.101. The van der Waals surface area contributed by atoms with Gasteiger partial charge in [0.25, 0.3) is 0 Å². The van der Waals surface area contributed by atoms with Gasteiger partial charge in [0.2, 0.25) is 0 Å². The summed E-state index contributed by atoms with van der Waals surface area (Å²) in [7, 11) is 3.34. The number of para-hydroxylation sites is 1. The van der Waals surface area contributed by atoms with Crippen molar-refractivity contribution in [2.24, 2.45) is 10.7 Å². The van der Waals surface area contributed by atoms with E-state index < -0.39 is 0 Å². The summed E-state index contributed by atoms with van der Waals surface area (Å²) < 4.78 is 5.34. The molecular formula is C16H20N2O2. The van der Waals surface area contributed by atoms with Gasteiger partial charge >= 0.3 is 0 Å². The van der Waals surface area contributed by atoms with Crippen LogP contribution < -0.4 is 10.5 Å². The predicted octanol–water partition coefficient (Wildman–Crippen LogP) is 2.27. The molecule has 0 radical (unpaired) electrons. The fourth-order valence-electron chi connectivity index (χ4n) is 2.52. The molecule has 0 aliphatic heterocycles. The molecule has 0 unspecified atom stereocenters. The Labute approximate surface area is 119 Å². The number of hydrogen-bond donors (Lipinski definition) is 1. The number of carbonyl (C=O) groups is 1. The number of hydrogen-bond acceptors (Lipinski definition) is 4. The van der Waals surface area contributed by atoms with Crippen molar-refractivity contribution < 1.29 is 9.53 Å². The molecule has 0 spiro atoms. The van der Waals surface area contributed by atoms with Crippen LogP contribution in [-0.4, -0.2) is 25.7 Å². The van der Waals surface area contributed by atoms with E-state index in [1.165, 1.54) is 0 Å². The molecule has 4 nitrogen and oxygen atoms in total. The average molecular weight is 272 g/mol. The molecule has 0 amide bonds. The third-order valence-corrected chi connectivity index (χ3v) is 3.56. The largest absolute Gasteiger partial charge is 0.496 e. The second-order valence-corrected chi connectivity index (χ2v) is 4.84. The van der Waals surface area contributed by atoms with Gasteiger partial charge in [0.15, 0.2) is 5.78 Å². The Kier molecular flexibility index (Phi) is 4.56. The smallest absolute Gasteiger partial charge is 0.166 e. The summed E-state index contributed by atoms with van der Waals surface area (Å²) in [6.07, 6.45) is 2.72. The van der Waals surface area contributed by atoms with Crippen molar-refractivity contribution in [3.05, 3.63) is 41.1 Å². The zero-order valence-corrected chi connectivity index (χ0v) is 12.0. The van der Waals surface area contributed by atoms with Gasteiger partial charge in [-0.05, 0) is 18.9 Å². The first kappa shape index (κ1) is 14.3. The molecule has 106 valence electrons. The minimum absolute atomic E-state index is 0.101. The lowest BCUT2D eigenvalue weighted by Crippen LogP contribution is -2.24. The zero-order valence-electron chi connectivity index (χ0n) is 12.0. The number of ether oxygens (including phenoxy) is 1. The quantitative estimate of drug-likeness (QED) is 0.855. The average Bonchev–Trinajstić information content (AvgIpc) is 2.46. The number of carbonyl (C=O) groups excluding carboxylic acids is 1. The summed E-state index contributed by atoms with van der Waals surface area (Å²) in [5, 5.41) is 0. The van der Waals surface area contributed by atoms with Crippen molar-refractivity contribution in [3.8, 4) is 5.75 Å². The van der Waals surface area contributed by atoms with Crippen LogP contribution in [0.25, 0.3) is 0 Å². The Morgan fingerprint density at radius 3 is 2.75 bits per heavy atom. The molecule has 0 aromatic heterocycles. The van der Waals surface area contributed by atoms with Crippen LogP contribution in [0.15, 0.2) is 40.5 Å². The molecule has 2 N–H and O–H groups in total. The fraction of sp³-hybridized carbons (Fsp3) is 0.375. The van der Waals surface area contributed by atoms with Crippen molar-refractivity contribution in [2.45, 2.75) is 25.7 Å². The molecular weight excluding hydrogens is 252 g/mol. The number of benzene rings is 1. The first-order valence-electron chi connectivity index (χ1n) is 6.77. The molecule has 0 fully saturated rings. The zero-order chi connectivity index (χ0) is 14.5. The molecule has 0 atom stereocenters. The lowest BCUT2D eigenvalue weighted by molar-refractivity contribution is -0.115. The highest BCUT2D eigenvalue weighted by atomic mass is 16.5. The summed E-state index contributed by atoms with van der Waals surface area (Å²) in [6.45, 7) is 0. The normalized spacial score (nSPS) is 16.5. The Morgan fingerprint density at radius 2 is 2.10 bits per heavy atom. The number of nitrogens with two attached hydrogens (primary N) is 1. The first-order valence-corrected chi connectivity index (χ1v) is 6.77. The van der Waals surface area contributed by atoms with Crippen LogP contribution >= 0.6 is 0 Å². The summed E-state index contributed by atoms with van der Waals surface area (Å²) >= 11 is 0. The Balaban J connectivity index is 2.33. The molecule has 1 aromatic rings. The van der Waals surface area contributed by atoms with Crippen LogP contribution in [0, 0.1) is 0 Å². The molecule has 1 aromatic carbocycles. The lowest BCUT2D eigenvalue weighted by Gasteiger charge is -2.18. The van der Waals surface area contributed by atoms with Crippen molar-refractivity contribution in [2.75, 3.05) is 14.2 Å². The Bertz CT molecular complexity index is 574. The van der Waals surface area contributed by atoms with E-state index in [1.807, 2.05) is 24.3 Å². The second-order valence-electron chi connectivity index (χ2n) is 4.84. The number of nitrogens with zero attached hydrogens (tertiary/aromatic N) is 1. The number of aliphatic imine (C=N–C) groups is 1. The Morgan fingerprint density at radius 1 is 1.35 bits per heavy atom. The maximum absolute atomic E-state index is 12.1. The third kappa shape index (κ3) is 2.90. The van der Waals surface area contributed by atoms with Crippen LogP contribution in [0.2, 0.25) is 0 Å². The number of Topliss-reactive ketones (excluding diaryl/α,β-unsaturated/α-hetero) is 1. The molecule has 4 heteroatoms. The van der Waals surface area contributed by atoms with E-state index in [-0.39, 0.29) is 5.78 Å². The van der Waals surface area contributed by atoms with Gasteiger partial charge in [0.05, 0.1) is 18.4 Å². The molecule has 2 rings (SSSR count).